The van der Waals surface area contributed by atoms with Crippen LogP contribution in [0.1, 0.15) is 77.7 Å². The summed E-state index contributed by atoms with van der Waals surface area (Å²) in [6.07, 6.45) is 9.32. The van der Waals surface area contributed by atoms with Gasteiger partial charge in [0, 0.05) is 12.8 Å². The number of carbonyl (C=O) groups is 1. The molecule has 0 spiro atoms. The molecule has 33 heavy (non-hydrogen) atoms. The molecule has 0 amide bonds. The van der Waals surface area contributed by atoms with E-state index in [-0.39, 0.29) is 36.8 Å². The Morgan fingerprint density at radius 2 is 1.88 bits per heavy atom. The van der Waals surface area contributed by atoms with Gasteiger partial charge in [0.2, 0.25) is 0 Å². The highest BCUT2D eigenvalue weighted by molar-refractivity contribution is 5.69. The molecule has 1 fully saturated rings. The largest absolute Gasteiger partial charge is 0.459 e. The van der Waals surface area contributed by atoms with Gasteiger partial charge in [-0.05, 0) is 32.3 Å². The lowest BCUT2D eigenvalue weighted by atomic mass is 10.0. The van der Waals surface area contributed by atoms with Crippen LogP contribution in [0.5, 0.6) is 0 Å². The van der Waals surface area contributed by atoms with Gasteiger partial charge in [-0.15, -0.1) is 13.2 Å². The van der Waals surface area contributed by atoms with E-state index in [0.717, 1.165) is 24.8 Å². The molecule has 1 heterocycles. The summed E-state index contributed by atoms with van der Waals surface area (Å²) in [7, 11) is 0. The van der Waals surface area contributed by atoms with Gasteiger partial charge in [-0.3, -0.25) is 4.79 Å². The first-order valence-electron chi connectivity index (χ1n) is 12.3. The minimum Gasteiger partial charge on any atom is -0.459 e. The Hall–Kier alpha value is -1.95. The van der Waals surface area contributed by atoms with Crippen molar-refractivity contribution < 1.29 is 23.7 Å². The number of esters is 1. The molecule has 0 bridgehead atoms. The number of ether oxygens (including phenoxy) is 4. The molecule has 0 unspecified atom stereocenters. The predicted molar refractivity (Wildman–Crippen MR) is 132 cm³/mol. The third-order valence-electron chi connectivity index (χ3n) is 5.83. The lowest BCUT2D eigenvalue weighted by Gasteiger charge is -2.27. The van der Waals surface area contributed by atoms with Crippen LogP contribution in [0.3, 0.4) is 0 Å². The molecule has 1 aromatic rings. The zero-order valence-corrected chi connectivity index (χ0v) is 20.7. The SMILES string of the molecule is C=CC[C@H](OC(=O)CC[C@H]1OC(C)(C)O[C@@H]1C=C)[C@H](CCCCCC)OCc1ccccc1. The van der Waals surface area contributed by atoms with Crippen LogP contribution >= 0.6 is 0 Å². The fourth-order valence-corrected chi connectivity index (χ4v) is 4.14. The van der Waals surface area contributed by atoms with Gasteiger partial charge in [0.05, 0.1) is 18.8 Å². The highest BCUT2D eigenvalue weighted by Gasteiger charge is 2.39. The summed E-state index contributed by atoms with van der Waals surface area (Å²) in [5.41, 5.74) is 1.11. The molecular formula is C28H42O5. The standard InChI is InChI=1S/C28H42O5/c1-6-9-10-14-18-24(30-21-22-16-12-11-13-17-22)25(15-7-2)31-27(29)20-19-26-23(8-3)32-28(4,5)33-26/h7-8,11-13,16-17,23-26H,2-3,6,9-10,14-15,18-21H2,1,4-5H3/t23-,24+,25+,26-/m1/s1. The van der Waals surface area contributed by atoms with Crippen LogP contribution in [0.25, 0.3) is 0 Å². The molecule has 4 atom stereocenters. The van der Waals surface area contributed by atoms with Crippen LogP contribution in [0.2, 0.25) is 0 Å². The van der Waals surface area contributed by atoms with Crippen LogP contribution in [-0.2, 0) is 30.3 Å². The van der Waals surface area contributed by atoms with E-state index in [2.05, 4.69) is 20.1 Å². The lowest BCUT2D eigenvalue weighted by molar-refractivity contribution is -0.161. The summed E-state index contributed by atoms with van der Waals surface area (Å²) >= 11 is 0. The Labute approximate surface area is 200 Å². The fraction of sp³-hybridized carbons (Fsp3) is 0.607. The molecule has 0 saturated carbocycles. The third-order valence-corrected chi connectivity index (χ3v) is 5.83. The van der Waals surface area contributed by atoms with Crippen molar-refractivity contribution in [2.75, 3.05) is 0 Å². The Bertz CT molecular complexity index is 714. The molecule has 1 saturated heterocycles. The maximum Gasteiger partial charge on any atom is 0.306 e. The summed E-state index contributed by atoms with van der Waals surface area (Å²) in [4.78, 5) is 12.8. The van der Waals surface area contributed by atoms with Crippen molar-refractivity contribution in [3.8, 4) is 0 Å². The monoisotopic (exact) mass is 458 g/mol. The molecule has 0 N–H and O–H groups in total. The van der Waals surface area contributed by atoms with Crippen LogP contribution < -0.4 is 0 Å². The Morgan fingerprint density at radius 3 is 2.55 bits per heavy atom. The fourth-order valence-electron chi connectivity index (χ4n) is 4.14. The van der Waals surface area contributed by atoms with Crippen LogP contribution in [0.4, 0.5) is 0 Å². The van der Waals surface area contributed by atoms with Crippen molar-refractivity contribution in [1.29, 1.82) is 0 Å². The first kappa shape index (κ1) is 27.3. The smallest absolute Gasteiger partial charge is 0.306 e. The second kappa shape index (κ2) is 14.3. The molecule has 0 aromatic heterocycles. The molecule has 0 radical (unpaired) electrons. The first-order valence-corrected chi connectivity index (χ1v) is 12.3. The quantitative estimate of drug-likeness (QED) is 0.160. The Balaban J connectivity index is 1.95. The molecule has 1 aromatic carbocycles. The summed E-state index contributed by atoms with van der Waals surface area (Å²) in [5, 5.41) is 0. The molecular weight excluding hydrogens is 416 g/mol. The van der Waals surface area contributed by atoms with Crippen molar-refractivity contribution in [2.24, 2.45) is 0 Å². The molecule has 1 aliphatic heterocycles. The maximum absolute atomic E-state index is 12.8. The zero-order valence-electron chi connectivity index (χ0n) is 20.7. The van der Waals surface area contributed by atoms with Crippen LogP contribution in [-0.4, -0.2) is 36.2 Å². The summed E-state index contributed by atoms with van der Waals surface area (Å²) in [6.45, 7) is 14.1. The number of hydrogen-bond acceptors (Lipinski definition) is 5. The zero-order chi connectivity index (χ0) is 24.1. The second-order valence-corrected chi connectivity index (χ2v) is 9.15. The van der Waals surface area contributed by atoms with Gasteiger partial charge < -0.3 is 18.9 Å². The van der Waals surface area contributed by atoms with Crippen molar-refractivity contribution in [1.82, 2.24) is 0 Å². The second-order valence-electron chi connectivity index (χ2n) is 9.15. The average Bonchev–Trinajstić information content (AvgIpc) is 3.11. The van der Waals surface area contributed by atoms with Crippen molar-refractivity contribution in [3.63, 3.8) is 0 Å². The number of carbonyl (C=O) groups excluding carboxylic acids is 1. The van der Waals surface area contributed by atoms with Gasteiger partial charge >= 0.3 is 5.97 Å². The summed E-state index contributed by atoms with van der Waals surface area (Å²) < 4.78 is 23.9. The van der Waals surface area contributed by atoms with Gasteiger partial charge in [-0.2, -0.15) is 0 Å². The van der Waals surface area contributed by atoms with Gasteiger partial charge in [0.15, 0.2) is 5.79 Å². The molecule has 5 heteroatoms. The van der Waals surface area contributed by atoms with E-state index in [0.29, 0.717) is 19.4 Å². The van der Waals surface area contributed by atoms with Gasteiger partial charge in [0.25, 0.3) is 0 Å². The van der Waals surface area contributed by atoms with Crippen LogP contribution in [0.15, 0.2) is 55.6 Å². The predicted octanol–water partition coefficient (Wildman–Crippen LogP) is 6.52. The van der Waals surface area contributed by atoms with E-state index in [1.165, 1.54) is 12.8 Å². The van der Waals surface area contributed by atoms with Crippen molar-refractivity contribution in [3.05, 3.63) is 61.2 Å². The van der Waals surface area contributed by atoms with Crippen LogP contribution in [0, 0.1) is 0 Å². The molecule has 5 nitrogen and oxygen atoms in total. The van der Waals surface area contributed by atoms with E-state index in [1.807, 2.05) is 44.2 Å². The van der Waals surface area contributed by atoms with E-state index >= 15 is 0 Å². The molecule has 0 aliphatic carbocycles. The Morgan fingerprint density at radius 1 is 1.12 bits per heavy atom. The first-order chi connectivity index (χ1) is 15.9. The van der Waals surface area contributed by atoms with Crippen molar-refractivity contribution in [2.45, 2.75) is 109 Å². The average molecular weight is 459 g/mol. The van der Waals surface area contributed by atoms with E-state index in [1.54, 1.807) is 12.2 Å². The molecule has 2 rings (SSSR count). The number of benzene rings is 1. The van der Waals surface area contributed by atoms with Gasteiger partial charge in [-0.1, -0.05) is 75.1 Å². The number of unbranched alkanes of at least 4 members (excludes halogenated alkanes) is 3. The normalized spacial score (nSPS) is 21.3. The highest BCUT2D eigenvalue weighted by Crippen LogP contribution is 2.31. The third kappa shape index (κ3) is 9.83. The van der Waals surface area contributed by atoms with E-state index in [9.17, 15) is 4.79 Å². The minimum absolute atomic E-state index is 0.171. The number of hydrogen-bond donors (Lipinski definition) is 0. The molecule has 184 valence electrons. The van der Waals surface area contributed by atoms with Gasteiger partial charge in [0.1, 0.15) is 12.2 Å². The van der Waals surface area contributed by atoms with Crippen molar-refractivity contribution >= 4 is 5.97 Å². The summed E-state index contributed by atoms with van der Waals surface area (Å²) in [5.74, 6) is -0.923. The van der Waals surface area contributed by atoms with E-state index in [4.69, 9.17) is 18.9 Å². The Kier molecular flexibility index (Phi) is 11.9. The highest BCUT2D eigenvalue weighted by atomic mass is 16.7. The van der Waals surface area contributed by atoms with E-state index < -0.39 is 5.79 Å². The lowest BCUT2D eigenvalue weighted by Crippen LogP contribution is -2.34. The topological polar surface area (TPSA) is 54.0 Å². The molecule has 1 aliphatic rings. The number of rotatable bonds is 16. The maximum atomic E-state index is 12.8. The summed E-state index contributed by atoms with van der Waals surface area (Å²) in [6, 6.07) is 10.1. The minimum atomic E-state index is -0.673. The van der Waals surface area contributed by atoms with Gasteiger partial charge in [-0.25, -0.2) is 0 Å².